The van der Waals surface area contributed by atoms with Crippen molar-refractivity contribution in [1.82, 2.24) is 15.1 Å². The van der Waals surface area contributed by atoms with Gasteiger partial charge in [-0.2, -0.15) is 0 Å². The van der Waals surface area contributed by atoms with Crippen molar-refractivity contribution in [2.45, 2.75) is 32.4 Å². The molecule has 1 N–H and O–H groups in total. The minimum atomic E-state index is 0.172. The molecule has 0 aromatic heterocycles. The number of nitrogens with one attached hydrogen (secondary N) is 1. The molecule has 1 heterocycles. The maximum absolute atomic E-state index is 12.6. The molecule has 2 unspecified atom stereocenters. The number of rotatable bonds is 5. The molecular weight excluding hydrogens is 262 g/mol. The molecule has 0 saturated carbocycles. The minimum absolute atomic E-state index is 0.172. The number of likely N-dealkylation sites (N-methyl/N-ethyl adjacent to an activating group) is 1. The highest BCUT2D eigenvalue weighted by Crippen LogP contribution is 2.25. The van der Waals surface area contributed by atoms with E-state index in [-0.39, 0.29) is 18.0 Å². The van der Waals surface area contributed by atoms with Crippen molar-refractivity contribution in [3.8, 4) is 0 Å². The Morgan fingerprint density at radius 2 is 2.05 bits per heavy atom. The molecule has 1 aliphatic heterocycles. The van der Waals surface area contributed by atoms with Crippen LogP contribution in [0.4, 0.5) is 0 Å². The summed E-state index contributed by atoms with van der Waals surface area (Å²) >= 11 is 0. The summed E-state index contributed by atoms with van der Waals surface area (Å²) in [5.41, 5.74) is 1.23. The summed E-state index contributed by atoms with van der Waals surface area (Å²) in [6.45, 7) is 7.72. The Hall–Kier alpha value is -1.39. The average Bonchev–Trinajstić information content (AvgIpc) is 2.48. The van der Waals surface area contributed by atoms with Crippen LogP contribution in [0.5, 0.6) is 0 Å². The van der Waals surface area contributed by atoms with E-state index in [1.54, 1.807) is 0 Å². The van der Waals surface area contributed by atoms with Crippen molar-refractivity contribution in [2.24, 2.45) is 0 Å². The number of nitrogens with zero attached hydrogens (tertiary/aromatic N) is 2. The summed E-state index contributed by atoms with van der Waals surface area (Å²) in [4.78, 5) is 17.0. The molecule has 2 rings (SSSR count). The number of piperazine rings is 1. The number of carbonyl (C=O) groups excluding carboxylic acids is 1. The standard InChI is InChI=1S/C17H27N3O/c1-4-18-14(2)12-17(21)20-11-10-19(3)13-16(20)15-8-6-5-7-9-15/h5-9,14,16,18H,4,10-13H2,1-3H3. The fourth-order valence-electron chi connectivity index (χ4n) is 2.98. The Bertz CT molecular complexity index is 449. The fraction of sp³-hybridized carbons (Fsp3) is 0.588. The lowest BCUT2D eigenvalue weighted by Gasteiger charge is -2.40. The molecule has 1 aliphatic rings. The number of hydrogen-bond acceptors (Lipinski definition) is 3. The second-order valence-electron chi connectivity index (χ2n) is 5.94. The first-order valence-corrected chi connectivity index (χ1v) is 7.88. The lowest BCUT2D eigenvalue weighted by Crippen LogP contribution is -2.50. The molecular formula is C17H27N3O. The van der Waals surface area contributed by atoms with Crippen LogP contribution in [-0.4, -0.2) is 55.0 Å². The molecule has 0 spiro atoms. The van der Waals surface area contributed by atoms with Gasteiger partial charge in [-0.05, 0) is 26.1 Å². The number of benzene rings is 1. The Morgan fingerprint density at radius 3 is 2.71 bits per heavy atom. The minimum Gasteiger partial charge on any atom is -0.333 e. The lowest BCUT2D eigenvalue weighted by atomic mass is 10.0. The van der Waals surface area contributed by atoms with Crippen LogP contribution >= 0.6 is 0 Å². The van der Waals surface area contributed by atoms with Gasteiger partial charge in [0.25, 0.3) is 0 Å². The van der Waals surface area contributed by atoms with Gasteiger partial charge in [0.1, 0.15) is 0 Å². The Kier molecular flexibility index (Phi) is 5.76. The number of carbonyl (C=O) groups is 1. The van der Waals surface area contributed by atoms with Gasteiger partial charge in [-0.1, -0.05) is 37.3 Å². The number of hydrogen-bond donors (Lipinski definition) is 1. The molecule has 4 heteroatoms. The second-order valence-corrected chi connectivity index (χ2v) is 5.94. The Labute approximate surface area is 128 Å². The van der Waals surface area contributed by atoms with Crippen molar-refractivity contribution in [2.75, 3.05) is 33.2 Å². The van der Waals surface area contributed by atoms with Gasteiger partial charge in [0.15, 0.2) is 0 Å². The third-order valence-corrected chi connectivity index (χ3v) is 4.12. The first-order chi connectivity index (χ1) is 10.1. The van der Waals surface area contributed by atoms with Crippen molar-refractivity contribution < 1.29 is 4.79 Å². The molecule has 2 atom stereocenters. The third kappa shape index (κ3) is 4.29. The summed E-state index contributed by atoms with van der Waals surface area (Å²) in [7, 11) is 2.12. The molecule has 1 aromatic carbocycles. The van der Waals surface area contributed by atoms with Crippen LogP contribution in [-0.2, 0) is 4.79 Å². The van der Waals surface area contributed by atoms with Crippen molar-refractivity contribution in [1.29, 1.82) is 0 Å². The van der Waals surface area contributed by atoms with Gasteiger partial charge in [0.2, 0.25) is 5.91 Å². The van der Waals surface area contributed by atoms with Gasteiger partial charge in [0.05, 0.1) is 6.04 Å². The summed E-state index contributed by atoms with van der Waals surface area (Å²) in [5, 5.41) is 3.32. The second kappa shape index (κ2) is 7.57. The first-order valence-electron chi connectivity index (χ1n) is 7.88. The molecule has 1 aromatic rings. The maximum atomic E-state index is 12.6. The summed E-state index contributed by atoms with van der Waals surface area (Å²) in [6, 6.07) is 10.8. The maximum Gasteiger partial charge on any atom is 0.224 e. The summed E-state index contributed by atoms with van der Waals surface area (Å²) in [5.74, 6) is 0.255. The Balaban J connectivity index is 2.09. The van der Waals surface area contributed by atoms with E-state index in [4.69, 9.17) is 0 Å². The van der Waals surface area contributed by atoms with Gasteiger partial charge >= 0.3 is 0 Å². The lowest BCUT2D eigenvalue weighted by molar-refractivity contribution is -0.136. The van der Waals surface area contributed by atoms with E-state index < -0.39 is 0 Å². The van der Waals surface area contributed by atoms with E-state index in [9.17, 15) is 4.79 Å². The molecule has 21 heavy (non-hydrogen) atoms. The molecule has 116 valence electrons. The fourth-order valence-corrected chi connectivity index (χ4v) is 2.98. The van der Waals surface area contributed by atoms with Crippen molar-refractivity contribution in [3.63, 3.8) is 0 Å². The normalized spacial score (nSPS) is 21.3. The zero-order valence-electron chi connectivity index (χ0n) is 13.4. The van der Waals surface area contributed by atoms with Crippen LogP contribution in [0.3, 0.4) is 0 Å². The summed E-state index contributed by atoms with van der Waals surface area (Å²) < 4.78 is 0. The smallest absolute Gasteiger partial charge is 0.224 e. The van der Waals surface area contributed by atoms with E-state index in [1.807, 2.05) is 18.2 Å². The molecule has 1 amide bonds. The van der Waals surface area contributed by atoms with E-state index >= 15 is 0 Å². The highest BCUT2D eigenvalue weighted by atomic mass is 16.2. The average molecular weight is 289 g/mol. The van der Waals surface area contributed by atoms with Crippen LogP contribution < -0.4 is 5.32 Å². The van der Waals surface area contributed by atoms with Crippen LogP contribution in [0, 0.1) is 0 Å². The highest BCUT2D eigenvalue weighted by molar-refractivity contribution is 5.77. The van der Waals surface area contributed by atoms with Crippen LogP contribution in [0.25, 0.3) is 0 Å². The zero-order chi connectivity index (χ0) is 15.2. The largest absolute Gasteiger partial charge is 0.333 e. The first kappa shape index (κ1) is 16.0. The molecule has 0 radical (unpaired) electrons. The molecule has 0 bridgehead atoms. The van der Waals surface area contributed by atoms with Crippen molar-refractivity contribution >= 4 is 5.91 Å². The third-order valence-electron chi connectivity index (χ3n) is 4.12. The molecule has 1 saturated heterocycles. The van der Waals surface area contributed by atoms with E-state index in [2.05, 4.69) is 48.1 Å². The van der Waals surface area contributed by atoms with Crippen molar-refractivity contribution in [3.05, 3.63) is 35.9 Å². The van der Waals surface area contributed by atoms with Gasteiger partial charge < -0.3 is 15.1 Å². The summed E-state index contributed by atoms with van der Waals surface area (Å²) in [6.07, 6.45) is 0.570. The van der Waals surface area contributed by atoms with E-state index in [0.29, 0.717) is 6.42 Å². The van der Waals surface area contributed by atoms with Crippen LogP contribution in [0.15, 0.2) is 30.3 Å². The van der Waals surface area contributed by atoms with Crippen LogP contribution in [0.1, 0.15) is 31.9 Å². The van der Waals surface area contributed by atoms with E-state index in [0.717, 1.165) is 26.2 Å². The predicted molar refractivity (Wildman–Crippen MR) is 86.1 cm³/mol. The van der Waals surface area contributed by atoms with Gasteiger partial charge in [-0.15, -0.1) is 0 Å². The molecule has 4 nitrogen and oxygen atoms in total. The van der Waals surface area contributed by atoms with Crippen LogP contribution in [0.2, 0.25) is 0 Å². The van der Waals surface area contributed by atoms with Gasteiger partial charge in [0, 0.05) is 32.1 Å². The quantitative estimate of drug-likeness (QED) is 0.899. The Morgan fingerprint density at radius 1 is 1.33 bits per heavy atom. The van der Waals surface area contributed by atoms with E-state index in [1.165, 1.54) is 5.56 Å². The topological polar surface area (TPSA) is 35.6 Å². The zero-order valence-corrected chi connectivity index (χ0v) is 13.4. The molecule has 0 aliphatic carbocycles. The SMILES string of the molecule is CCNC(C)CC(=O)N1CCN(C)CC1c1ccccc1. The highest BCUT2D eigenvalue weighted by Gasteiger charge is 2.30. The van der Waals surface area contributed by atoms with Gasteiger partial charge in [-0.3, -0.25) is 4.79 Å². The number of amides is 1. The monoisotopic (exact) mass is 289 g/mol. The predicted octanol–water partition coefficient (Wildman–Crippen LogP) is 1.89. The molecule has 1 fully saturated rings. The van der Waals surface area contributed by atoms with Gasteiger partial charge in [-0.25, -0.2) is 0 Å².